The average Bonchev–Trinajstić information content (AvgIpc) is 3.33. The maximum atomic E-state index is 13.0. The zero-order valence-corrected chi connectivity index (χ0v) is 16.3. The number of rotatable bonds is 5. The summed E-state index contributed by atoms with van der Waals surface area (Å²) in [6, 6.07) is 12.5. The molecule has 0 atom stereocenters. The number of hydrogen-bond acceptors (Lipinski definition) is 4. The molecule has 2 heterocycles. The first-order valence-corrected chi connectivity index (χ1v) is 9.24. The monoisotopic (exact) mass is 430 g/mol. The molecule has 2 aromatic heterocycles. The molecular formula is C20H13Cl2FN4O2. The number of carbonyl (C=O) groups excluding carboxylic acids is 1. The van der Waals surface area contributed by atoms with Crippen molar-refractivity contribution < 1.29 is 13.7 Å². The molecular weight excluding hydrogens is 418 g/mol. The van der Waals surface area contributed by atoms with Crippen LogP contribution in [-0.2, 0) is 6.54 Å². The molecule has 0 saturated heterocycles. The number of nitrogens with zero attached hydrogens (tertiary/aromatic N) is 3. The van der Waals surface area contributed by atoms with Gasteiger partial charge in [0.2, 0.25) is 0 Å². The third-order valence-corrected chi connectivity index (χ3v) is 4.64. The molecule has 0 radical (unpaired) electrons. The molecule has 0 spiro atoms. The highest BCUT2D eigenvalue weighted by Gasteiger charge is 2.16. The molecule has 146 valence electrons. The zero-order valence-electron chi connectivity index (χ0n) is 14.8. The van der Waals surface area contributed by atoms with Gasteiger partial charge in [0, 0.05) is 22.8 Å². The van der Waals surface area contributed by atoms with Crippen molar-refractivity contribution in [3.63, 3.8) is 0 Å². The van der Waals surface area contributed by atoms with E-state index in [1.807, 2.05) is 0 Å². The van der Waals surface area contributed by atoms with Crippen molar-refractivity contribution in [2.75, 3.05) is 5.32 Å². The Bertz CT molecular complexity index is 1170. The Morgan fingerprint density at radius 3 is 2.69 bits per heavy atom. The van der Waals surface area contributed by atoms with E-state index in [0.717, 1.165) is 5.56 Å². The number of halogens is 3. The topological polar surface area (TPSA) is 73.0 Å². The first kappa shape index (κ1) is 19.2. The number of nitrogens with one attached hydrogen (secondary N) is 1. The molecule has 0 unspecified atom stereocenters. The third-order valence-electron chi connectivity index (χ3n) is 4.09. The quantitative estimate of drug-likeness (QED) is 0.467. The lowest BCUT2D eigenvalue weighted by molar-refractivity contribution is 0.101. The summed E-state index contributed by atoms with van der Waals surface area (Å²) in [7, 11) is 0. The largest absolute Gasteiger partial charge is 0.355 e. The molecule has 1 amide bonds. The van der Waals surface area contributed by atoms with E-state index in [4.69, 9.17) is 27.7 Å². The van der Waals surface area contributed by atoms with E-state index in [1.54, 1.807) is 41.2 Å². The molecule has 0 aliphatic heterocycles. The van der Waals surface area contributed by atoms with Crippen LogP contribution in [-0.4, -0.2) is 20.8 Å². The number of amides is 1. The van der Waals surface area contributed by atoms with Crippen LogP contribution in [0.15, 0.2) is 65.4 Å². The SMILES string of the molecule is O=C(Nc1cnn(Cc2ccc(F)cc2)c1)c1cc(-c2ccc(Cl)cc2Cl)on1. The Labute approximate surface area is 174 Å². The van der Waals surface area contributed by atoms with Gasteiger partial charge in [0.25, 0.3) is 5.91 Å². The highest BCUT2D eigenvalue weighted by Crippen LogP contribution is 2.30. The molecule has 0 aliphatic carbocycles. The van der Waals surface area contributed by atoms with Gasteiger partial charge >= 0.3 is 0 Å². The van der Waals surface area contributed by atoms with E-state index in [-0.39, 0.29) is 11.5 Å². The summed E-state index contributed by atoms with van der Waals surface area (Å²) in [5, 5.41) is 11.6. The van der Waals surface area contributed by atoms with Crippen molar-refractivity contribution in [2.24, 2.45) is 0 Å². The lowest BCUT2D eigenvalue weighted by atomic mass is 10.1. The van der Waals surface area contributed by atoms with Crippen LogP contribution in [0, 0.1) is 5.82 Å². The second-order valence-electron chi connectivity index (χ2n) is 6.21. The van der Waals surface area contributed by atoms with Crippen LogP contribution in [0.1, 0.15) is 16.1 Å². The van der Waals surface area contributed by atoms with E-state index in [0.29, 0.717) is 33.6 Å². The normalized spacial score (nSPS) is 10.9. The predicted molar refractivity (Wildman–Crippen MR) is 108 cm³/mol. The summed E-state index contributed by atoms with van der Waals surface area (Å²) in [5.41, 5.74) is 2.05. The van der Waals surface area contributed by atoms with Crippen molar-refractivity contribution in [3.05, 3.63) is 88.0 Å². The highest BCUT2D eigenvalue weighted by molar-refractivity contribution is 6.36. The van der Waals surface area contributed by atoms with E-state index < -0.39 is 5.91 Å². The van der Waals surface area contributed by atoms with Gasteiger partial charge in [-0.1, -0.05) is 40.5 Å². The van der Waals surface area contributed by atoms with Crippen molar-refractivity contribution in [1.29, 1.82) is 0 Å². The van der Waals surface area contributed by atoms with Crippen LogP contribution < -0.4 is 5.32 Å². The summed E-state index contributed by atoms with van der Waals surface area (Å²) < 4.78 is 19.9. The number of carbonyl (C=O) groups is 1. The lowest BCUT2D eigenvalue weighted by Crippen LogP contribution is -2.11. The Hall–Kier alpha value is -3.16. The number of anilines is 1. The molecule has 0 bridgehead atoms. The predicted octanol–water partition coefficient (Wildman–Crippen LogP) is 5.28. The van der Waals surface area contributed by atoms with Gasteiger partial charge in [-0.3, -0.25) is 9.48 Å². The van der Waals surface area contributed by atoms with Crippen LogP contribution in [0.25, 0.3) is 11.3 Å². The lowest BCUT2D eigenvalue weighted by Gasteiger charge is -2.01. The summed E-state index contributed by atoms with van der Waals surface area (Å²) in [6.45, 7) is 0.444. The Kier molecular flexibility index (Phi) is 5.33. The van der Waals surface area contributed by atoms with Gasteiger partial charge in [-0.05, 0) is 35.9 Å². The maximum absolute atomic E-state index is 13.0. The van der Waals surface area contributed by atoms with E-state index in [9.17, 15) is 9.18 Å². The molecule has 0 aliphatic rings. The molecule has 4 rings (SSSR count). The average molecular weight is 431 g/mol. The number of aromatic nitrogens is 3. The molecule has 1 N–H and O–H groups in total. The van der Waals surface area contributed by atoms with Crippen molar-refractivity contribution in [1.82, 2.24) is 14.9 Å². The molecule has 9 heteroatoms. The van der Waals surface area contributed by atoms with Gasteiger partial charge in [-0.15, -0.1) is 0 Å². The Morgan fingerprint density at radius 1 is 1.14 bits per heavy atom. The fourth-order valence-electron chi connectivity index (χ4n) is 2.69. The van der Waals surface area contributed by atoms with Gasteiger partial charge in [-0.2, -0.15) is 5.10 Å². The first-order chi connectivity index (χ1) is 14.0. The molecule has 29 heavy (non-hydrogen) atoms. The van der Waals surface area contributed by atoms with E-state index in [2.05, 4.69) is 15.6 Å². The van der Waals surface area contributed by atoms with Crippen molar-refractivity contribution in [2.45, 2.75) is 6.54 Å². The fraction of sp³-hybridized carbons (Fsp3) is 0.0500. The minimum absolute atomic E-state index is 0.0947. The van der Waals surface area contributed by atoms with Gasteiger partial charge in [-0.25, -0.2) is 4.39 Å². The first-order valence-electron chi connectivity index (χ1n) is 8.48. The van der Waals surface area contributed by atoms with Gasteiger partial charge in [0.15, 0.2) is 11.5 Å². The number of benzene rings is 2. The fourth-order valence-corrected chi connectivity index (χ4v) is 3.19. The molecule has 2 aromatic carbocycles. The van der Waals surface area contributed by atoms with E-state index >= 15 is 0 Å². The second kappa shape index (κ2) is 8.06. The van der Waals surface area contributed by atoms with Crippen LogP contribution in [0.4, 0.5) is 10.1 Å². The van der Waals surface area contributed by atoms with Crippen molar-refractivity contribution in [3.8, 4) is 11.3 Å². The van der Waals surface area contributed by atoms with Gasteiger partial charge in [0.05, 0.1) is 23.5 Å². The van der Waals surface area contributed by atoms with Gasteiger partial charge in [0.1, 0.15) is 5.82 Å². The van der Waals surface area contributed by atoms with Crippen LogP contribution >= 0.6 is 23.2 Å². The molecule has 0 saturated carbocycles. The van der Waals surface area contributed by atoms with Crippen molar-refractivity contribution >= 4 is 34.8 Å². The molecule has 6 nitrogen and oxygen atoms in total. The third kappa shape index (κ3) is 4.47. The van der Waals surface area contributed by atoms with Crippen LogP contribution in [0.3, 0.4) is 0 Å². The smallest absolute Gasteiger partial charge is 0.277 e. The Morgan fingerprint density at radius 2 is 1.93 bits per heavy atom. The molecule has 4 aromatic rings. The number of hydrogen-bond donors (Lipinski definition) is 1. The minimum atomic E-state index is -0.452. The second-order valence-corrected chi connectivity index (χ2v) is 7.05. The van der Waals surface area contributed by atoms with E-state index in [1.165, 1.54) is 24.4 Å². The summed E-state index contributed by atoms with van der Waals surface area (Å²) in [5.74, 6) is -0.399. The maximum Gasteiger partial charge on any atom is 0.277 e. The standard InChI is InChI=1S/C20H13Cl2FN4O2/c21-13-3-6-16(17(22)7-13)19-8-18(26-29-19)20(28)25-15-9-24-27(11-15)10-12-1-4-14(23)5-2-12/h1-9,11H,10H2,(H,25,28). The molecule has 0 fully saturated rings. The zero-order chi connectivity index (χ0) is 20.4. The Balaban J connectivity index is 1.44. The minimum Gasteiger partial charge on any atom is -0.355 e. The van der Waals surface area contributed by atoms with Crippen LogP contribution in [0.2, 0.25) is 10.0 Å². The summed E-state index contributed by atoms with van der Waals surface area (Å²) >= 11 is 12.0. The highest BCUT2D eigenvalue weighted by atomic mass is 35.5. The summed E-state index contributed by atoms with van der Waals surface area (Å²) in [4.78, 5) is 12.4. The summed E-state index contributed by atoms with van der Waals surface area (Å²) in [6.07, 6.45) is 3.18. The van der Waals surface area contributed by atoms with Gasteiger partial charge < -0.3 is 9.84 Å². The van der Waals surface area contributed by atoms with Crippen LogP contribution in [0.5, 0.6) is 0 Å².